The second-order valence-electron chi connectivity index (χ2n) is 10.8. The van der Waals surface area contributed by atoms with Gasteiger partial charge >= 0.3 is 0 Å². The van der Waals surface area contributed by atoms with E-state index in [-0.39, 0.29) is 36.3 Å². The molecule has 4 aromatic rings. The lowest BCUT2D eigenvalue weighted by atomic mass is 9.99. The van der Waals surface area contributed by atoms with Crippen molar-refractivity contribution >= 4 is 10.0 Å². The van der Waals surface area contributed by atoms with E-state index in [0.29, 0.717) is 6.42 Å². The van der Waals surface area contributed by atoms with Gasteiger partial charge in [-0.25, -0.2) is 13.1 Å². The van der Waals surface area contributed by atoms with E-state index >= 15 is 0 Å². The van der Waals surface area contributed by atoms with Crippen molar-refractivity contribution in [1.82, 2.24) is 9.62 Å². The molecule has 0 spiro atoms. The summed E-state index contributed by atoms with van der Waals surface area (Å²) in [6.07, 6.45) is -0.152. The molecule has 5 rings (SSSR count). The number of hydrogen-bond acceptors (Lipinski definition) is 6. The molecule has 220 valence electrons. The van der Waals surface area contributed by atoms with Crippen LogP contribution in [-0.4, -0.2) is 38.1 Å². The van der Waals surface area contributed by atoms with Crippen molar-refractivity contribution in [3.05, 3.63) is 137 Å². The van der Waals surface area contributed by atoms with Crippen molar-refractivity contribution in [2.45, 2.75) is 55.9 Å². The third-order valence-electron chi connectivity index (χ3n) is 7.82. The molecule has 0 bridgehead atoms. The molecule has 1 saturated heterocycles. The maximum Gasteiger partial charge on any atom is 0.240 e. The zero-order valence-electron chi connectivity index (χ0n) is 24.0. The van der Waals surface area contributed by atoms with Crippen LogP contribution in [0, 0.1) is 0 Å². The fraction of sp³-hybridized carbons (Fsp3) is 0.294. The summed E-state index contributed by atoms with van der Waals surface area (Å²) in [5.41, 5.74) is 4.84. The molecule has 0 amide bonds. The summed E-state index contributed by atoms with van der Waals surface area (Å²) >= 11 is 0. The molecule has 0 saturated carbocycles. The van der Waals surface area contributed by atoms with Crippen molar-refractivity contribution in [3.8, 4) is 0 Å². The van der Waals surface area contributed by atoms with E-state index in [4.69, 9.17) is 9.47 Å². The topological polar surface area (TPSA) is 88.1 Å². The van der Waals surface area contributed by atoms with Crippen molar-refractivity contribution < 1.29 is 23.0 Å². The molecule has 42 heavy (non-hydrogen) atoms. The van der Waals surface area contributed by atoms with Crippen LogP contribution in [0.5, 0.6) is 0 Å². The number of nitrogens with zero attached hydrogens (tertiary/aromatic N) is 1. The summed E-state index contributed by atoms with van der Waals surface area (Å²) in [6.45, 7) is 3.09. The van der Waals surface area contributed by atoms with Gasteiger partial charge in [-0.2, -0.15) is 0 Å². The molecule has 0 aromatic heterocycles. The fourth-order valence-corrected chi connectivity index (χ4v) is 6.19. The Kier molecular flexibility index (Phi) is 9.84. The van der Waals surface area contributed by atoms with Crippen LogP contribution in [0.3, 0.4) is 0 Å². The number of aliphatic hydroxyl groups excluding tert-OH is 1. The standard InChI is InChI=1S/C34H38N2O5S/c1-25(28-9-5-3-6-10-28)36(2)23-31-21-33(29-17-15-27(24-37)16-18-29)41-34(40-31)30-19-13-26(14-20-30)22-35-42(38,39)32-11-7-4-8-12-32/h3-20,25,31,33-35,37H,21-24H2,1-2H3/t25-,31-,33+,34+/m0/s1. The highest BCUT2D eigenvalue weighted by atomic mass is 32.2. The molecule has 4 aromatic carbocycles. The zero-order valence-corrected chi connectivity index (χ0v) is 24.8. The Labute approximate surface area is 248 Å². The Morgan fingerprint density at radius 1 is 0.833 bits per heavy atom. The number of hydrogen-bond donors (Lipinski definition) is 2. The summed E-state index contributed by atoms with van der Waals surface area (Å²) in [7, 11) is -1.48. The lowest BCUT2D eigenvalue weighted by molar-refractivity contribution is -0.253. The minimum absolute atomic E-state index is 0.00378. The third-order valence-corrected chi connectivity index (χ3v) is 9.24. The maximum atomic E-state index is 12.6. The van der Waals surface area contributed by atoms with Gasteiger partial charge in [0.2, 0.25) is 10.0 Å². The highest BCUT2D eigenvalue weighted by Crippen LogP contribution is 2.38. The second-order valence-corrected chi connectivity index (χ2v) is 12.5. The van der Waals surface area contributed by atoms with Crippen molar-refractivity contribution in [3.63, 3.8) is 0 Å². The van der Waals surface area contributed by atoms with Gasteiger partial charge in [0.15, 0.2) is 6.29 Å². The molecule has 1 fully saturated rings. The smallest absolute Gasteiger partial charge is 0.240 e. The molecular formula is C34H38N2O5S. The quantitative estimate of drug-likeness (QED) is 0.228. The van der Waals surface area contributed by atoms with E-state index in [0.717, 1.165) is 28.8 Å². The number of ether oxygens (including phenoxy) is 2. The van der Waals surface area contributed by atoms with E-state index in [9.17, 15) is 13.5 Å². The number of aliphatic hydroxyl groups is 1. The van der Waals surface area contributed by atoms with Crippen LogP contribution in [0.4, 0.5) is 0 Å². The van der Waals surface area contributed by atoms with Crippen LogP contribution in [0.2, 0.25) is 0 Å². The van der Waals surface area contributed by atoms with Gasteiger partial charge < -0.3 is 14.6 Å². The van der Waals surface area contributed by atoms with Crippen molar-refractivity contribution in [2.24, 2.45) is 0 Å². The highest BCUT2D eigenvalue weighted by molar-refractivity contribution is 7.89. The third kappa shape index (κ3) is 7.52. The fourth-order valence-electron chi connectivity index (χ4n) is 5.15. The first-order valence-electron chi connectivity index (χ1n) is 14.2. The minimum atomic E-state index is -3.60. The molecule has 1 heterocycles. The molecule has 0 aliphatic carbocycles. The molecule has 2 N–H and O–H groups in total. The van der Waals surface area contributed by atoms with Gasteiger partial charge in [0.05, 0.1) is 23.7 Å². The average Bonchev–Trinajstić information content (AvgIpc) is 3.04. The predicted octanol–water partition coefficient (Wildman–Crippen LogP) is 5.90. The number of likely N-dealkylation sites (N-methyl/N-ethyl adjacent to an activating group) is 1. The summed E-state index contributed by atoms with van der Waals surface area (Å²) in [5, 5.41) is 9.49. The summed E-state index contributed by atoms with van der Waals surface area (Å²) in [4.78, 5) is 2.54. The van der Waals surface area contributed by atoms with E-state index < -0.39 is 16.3 Å². The molecule has 4 atom stereocenters. The average molecular weight is 587 g/mol. The normalized spacial score (nSPS) is 20.0. The Morgan fingerprint density at radius 3 is 2.07 bits per heavy atom. The van der Waals surface area contributed by atoms with Crippen LogP contribution in [0.1, 0.15) is 59.6 Å². The highest BCUT2D eigenvalue weighted by Gasteiger charge is 2.33. The van der Waals surface area contributed by atoms with Crippen molar-refractivity contribution in [1.29, 1.82) is 0 Å². The van der Waals surface area contributed by atoms with Crippen LogP contribution in [0.15, 0.2) is 114 Å². The molecule has 0 unspecified atom stereocenters. The van der Waals surface area contributed by atoms with Gasteiger partial charge in [-0.3, -0.25) is 4.90 Å². The zero-order chi connectivity index (χ0) is 29.5. The van der Waals surface area contributed by atoms with Crippen LogP contribution in [0.25, 0.3) is 0 Å². The maximum absolute atomic E-state index is 12.6. The predicted molar refractivity (Wildman–Crippen MR) is 163 cm³/mol. The Morgan fingerprint density at radius 2 is 1.43 bits per heavy atom. The van der Waals surface area contributed by atoms with Gasteiger partial charge in [0.1, 0.15) is 0 Å². The molecule has 8 heteroatoms. The molecule has 0 radical (unpaired) electrons. The molecular weight excluding hydrogens is 548 g/mol. The second kappa shape index (κ2) is 13.7. The Hall–Kier alpha value is -3.37. The van der Waals surface area contributed by atoms with Gasteiger partial charge in [0.25, 0.3) is 0 Å². The number of sulfonamides is 1. The first-order valence-corrected chi connectivity index (χ1v) is 15.7. The molecule has 1 aliphatic rings. The van der Waals surface area contributed by atoms with E-state index in [2.05, 4.69) is 47.9 Å². The summed E-state index contributed by atoms with van der Waals surface area (Å²) in [6, 6.07) is 34.5. The largest absolute Gasteiger partial charge is 0.392 e. The van der Waals surface area contributed by atoms with Crippen molar-refractivity contribution in [2.75, 3.05) is 13.6 Å². The van der Waals surface area contributed by atoms with Crippen LogP contribution >= 0.6 is 0 Å². The van der Waals surface area contributed by atoms with E-state index in [1.54, 1.807) is 30.3 Å². The summed E-state index contributed by atoms with van der Waals surface area (Å²) < 4.78 is 40.9. The lowest BCUT2D eigenvalue weighted by Crippen LogP contribution is -2.38. The van der Waals surface area contributed by atoms with E-state index in [1.165, 1.54) is 5.56 Å². The van der Waals surface area contributed by atoms with Gasteiger partial charge in [-0.05, 0) is 48.4 Å². The number of nitrogens with one attached hydrogen (secondary N) is 1. The van der Waals surface area contributed by atoms with Crippen LogP contribution in [-0.2, 0) is 32.6 Å². The van der Waals surface area contributed by atoms with Gasteiger partial charge in [-0.1, -0.05) is 97.1 Å². The Balaban J connectivity index is 1.30. The summed E-state index contributed by atoms with van der Waals surface area (Å²) in [5.74, 6) is 0. The Bertz CT molecular complexity index is 1510. The number of rotatable bonds is 11. The first-order chi connectivity index (χ1) is 20.3. The SMILES string of the molecule is C[C@@H](c1ccccc1)N(C)C[C@@H]1C[C@H](c2ccc(CO)cc2)O[C@H](c2ccc(CNS(=O)(=O)c3ccccc3)cc2)O1. The van der Waals surface area contributed by atoms with Gasteiger partial charge in [-0.15, -0.1) is 0 Å². The lowest BCUT2D eigenvalue weighted by Gasteiger charge is -2.39. The van der Waals surface area contributed by atoms with Crippen LogP contribution < -0.4 is 4.72 Å². The van der Waals surface area contributed by atoms with E-state index in [1.807, 2.05) is 54.6 Å². The minimum Gasteiger partial charge on any atom is -0.392 e. The number of benzene rings is 4. The molecule has 7 nitrogen and oxygen atoms in total. The monoisotopic (exact) mass is 586 g/mol. The molecule has 1 aliphatic heterocycles. The first kappa shape index (κ1) is 30.1. The van der Waals surface area contributed by atoms with Gasteiger partial charge in [0, 0.05) is 31.1 Å².